The van der Waals surface area contributed by atoms with Crippen molar-refractivity contribution >= 4 is 23.2 Å². The molecule has 1 N–H and O–H groups in total. The number of carbonyl (C=O) groups is 2. The summed E-state index contributed by atoms with van der Waals surface area (Å²) in [7, 11) is 1.32. The van der Waals surface area contributed by atoms with Gasteiger partial charge >= 0.3 is 11.9 Å². The molecule has 1 aromatic carbocycles. The maximum Gasteiger partial charge on any atom is 0.348 e. The topological polar surface area (TPSA) is 66.8 Å². The van der Waals surface area contributed by atoms with Crippen LogP contribution in [0, 0.1) is 0 Å². The van der Waals surface area contributed by atoms with E-state index in [1.165, 1.54) is 35.0 Å². The van der Waals surface area contributed by atoms with Crippen molar-refractivity contribution in [3.05, 3.63) is 69.9 Å². The van der Waals surface area contributed by atoms with Gasteiger partial charge in [0.25, 0.3) is 5.91 Å². The summed E-state index contributed by atoms with van der Waals surface area (Å²) in [4.78, 5) is 26.4. The summed E-state index contributed by atoms with van der Waals surface area (Å²) in [6.07, 6.45) is 6.06. The van der Waals surface area contributed by atoms with E-state index in [-0.39, 0.29) is 6.54 Å². The Morgan fingerprint density at radius 1 is 1.21 bits per heavy atom. The first-order chi connectivity index (χ1) is 16.3. The minimum absolute atomic E-state index is 0.183. The summed E-state index contributed by atoms with van der Waals surface area (Å²) in [6.45, 7) is 0.183. The maximum atomic E-state index is 14.1. The van der Waals surface area contributed by atoms with Crippen LogP contribution in [0.25, 0.3) is 0 Å². The van der Waals surface area contributed by atoms with E-state index >= 15 is 0 Å². The Balaban J connectivity index is 1.47. The highest BCUT2D eigenvalue weighted by Crippen LogP contribution is 2.34. The van der Waals surface area contributed by atoms with Crippen LogP contribution < -0.4 is 0 Å². The molecule has 1 fully saturated rings. The van der Waals surface area contributed by atoms with Crippen LogP contribution in [0.4, 0.5) is 8.78 Å². The predicted molar refractivity (Wildman–Crippen MR) is 128 cm³/mol. The Labute approximate surface area is 203 Å². The number of amides is 1. The average molecular weight is 492 g/mol. The van der Waals surface area contributed by atoms with Crippen LogP contribution in [0.1, 0.15) is 52.2 Å². The van der Waals surface area contributed by atoms with Gasteiger partial charge in [-0.3, -0.25) is 4.79 Å². The fraction of sp³-hybridized carbons (Fsp3) is 0.462. The summed E-state index contributed by atoms with van der Waals surface area (Å²) in [5.74, 6) is -4.97. The Hall–Kier alpha value is -2.58. The number of rotatable bonds is 12. The average Bonchev–Trinajstić information content (AvgIpc) is 3.38. The highest BCUT2D eigenvalue weighted by atomic mass is 32.1. The molecule has 2 heterocycles. The van der Waals surface area contributed by atoms with E-state index in [1.54, 1.807) is 12.1 Å². The molecule has 184 valence electrons. The molecule has 2 atom stereocenters. The largest absolute Gasteiger partial charge is 0.465 e. The van der Waals surface area contributed by atoms with Gasteiger partial charge in [0.2, 0.25) is 0 Å². The summed E-state index contributed by atoms with van der Waals surface area (Å²) < 4.78 is 32.9. The number of carbonyl (C=O) groups excluding carboxylic acids is 2. The van der Waals surface area contributed by atoms with Gasteiger partial charge in [0.15, 0.2) is 0 Å². The second-order valence-corrected chi connectivity index (χ2v) is 9.69. The van der Waals surface area contributed by atoms with E-state index in [0.29, 0.717) is 24.1 Å². The number of aliphatic hydroxyl groups excluding tert-OH is 1. The van der Waals surface area contributed by atoms with Gasteiger partial charge < -0.3 is 14.7 Å². The fourth-order valence-corrected chi connectivity index (χ4v) is 5.05. The third kappa shape index (κ3) is 7.21. The lowest BCUT2D eigenvalue weighted by Gasteiger charge is -2.22. The molecule has 0 aliphatic carbocycles. The Bertz CT molecular complexity index is 976. The number of benzene rings is 1. The number of unbranched alkanes of at least 4 members (excludes halogenated alkanes) is 1. The van der Waals surface area contributed by atoms with Gasteiger partial charge in [0.1, 0.15) is 4.88 Å². The third-order valence-electron chi connectivity index (χ3n) is 5.92. The molecular weight excluding hydrogens is 460 g/mol. The Morgan fingerprint density at radius 3 is 2.71 bits per heavy atom. The zero-order chi connectivity index (χ0) is 24.6. The highest BCUT2D eigenvalue weighted by molar-refractivity contribution is 7.13. The lowest BCUT2D eigenvalue weighted by atomic mass is 10.0. The number of aliphatic hydroxyl groups is 1. The zero-order valence-electron chi connectivity index (χ0n) is 19.3. The van der Waals surface area contributed by atoms with E-state index < -0.39 is 36.4 Å². The molecule has 3 rings (SSSR count). The van der Waals surface area contributed by atoms with Crippen LogP contribution in [0.5, 0.6) is 0 Å². The van der Waals surface area contributed by atoms with Gasteiger partial charge in [-0.2, -0.15) is 8.78 Å². The van der Waals surface area contributed by atoms with E-state index in [4.69, 9.17) is 4.74 Å². The van der Waals surface area contributed by atoms with Gasteiger partial charge in [-0.05, 0) is 49.8 Å². The second-order valence-electron chi connectivity index (χ2n) is 8.52. The van der Waals surface area contributed by atoms with Gasteiger partial charge in [-0.15, -0.1) is 11.3 Å². The number of methoxy groups -OCH3 is 1. The third-order valence-corrected chi connectivity index (χ3v) is 7.05. The van der Waals surface area contributed by atoms with Crippen LogP contribution in [0.15, 0.2) is 54.6 Å². The normalized spacial score (nSPS) is 18.5. The molecule has 1 aliphatic rings. The quantitative estimate of drug-likeness (QED) is 0.257. The van der Waals surface area contributed by atoms with Crippen molar-refractivity contribution in [3.63, 3.8) is 0 Å². The Kier molecular flexibility index (Phi) is 9.36. The number of ether oxygens (including phenoxy) is 1. The van der Waals surface area contributed by atoms with Gasteiger partial charge in [0.05, 0.1) is 19.3 Å². The predicted octanol–water partition coefficient (Wildman–Crippen LogP) is 5.03. The number of hydrogen-bond donors (Lipinski definition) is 1. The molecule has 0 spiro atoms. The van der Waals surface area contributed by atoms with E-state index in [1.807, 2.05) is 24.3 Å². The molecule has 1 aromatic heterocycles. The van der Waals surface area contributed by atoms with Crippen molar-refractivity contribution in [2.75, 3.05) is 13.7 Å². The zero-order valence-corrected chi connectivity index (χ0v) is 20.1. The van der Waals surface area contributed by atoms with Crippen LogP contribution in [-0.4, -0.2) is 53.6 Å². The van der Waals surface area contributed by atoms with E-state index in [9.17, 15) is 23.5 Å². The van der Waals surface area contributed by atoms with Gasteiger partial charge in [0, 0.05) is 17.8 Å². The van der Waals surface area contributed by atoms with Crippen LogP contribution in [-0.2, 0) is 22.4 Å². The van der Waals surface area contributed by atoms with E-state index in [2.05, 4.69) is 12.1 Å². The number of hydrogen-bond acceptors (Lipinski definition) is 5. The molecule has 1 saturated heterocycles. The number of alkyl halides is 2. The van der Waals surface area contributed by atoms with Gasteiger partial charge in [-0.25, -0.2) is 4.79 Å². The number of esters is 1. The monoisotopic (exact) mass is 491 g/mol. The summed E-state index contributed by atoms with van der Waals surface area (Å²) >= 11 is 1.30. The number of aryl methyl sites for hydroxylation is 2. The fourth-order valence-electron chi connectivity index (χ4n) is 4.09. The van der Waals surface area contributed by atoms with Crippen LogP contribution in [0.2, 0.25) is 0 Å². The lowest BCUT2D eigenvalue weighted by molar-refractivity contribution is -0.148. The molecule has 8 heteroatoms. The molecule has 0 saturated carbocycles. The minimum atomic E-state index is -3.39. The van der Waals surface area contributed by atoms with Gasteiger partial charge in [-0.1, -0.05) is 48.9 Å². The molecule has 5 nitrogen and oxygen atoms in total. The first-order valence-corrected chi connectivity index (χ1v) is 12.4. The molecule has 1 amide bonds. The molecular formula is C26H31F2NO4S. The molecule has 0 bridgehead atoms. The minimum Gasteiger partial charge on any atom is -0.465 e. The standard InChI is InChI=1S/C26H31F2NO4S/c1-33-24(31)23-16-15-22(34-23)12-7-17-29-20(18-26(27,28)25(29)32)13-14-21(30)11-6-5-10-19-8-3-2-4-9-19/h2-4,8-9,13-16,20-21,30H,5-7,10-12,17-18H2,1H3/b14-13+. The SMILES string of the molecule is COC(=O)c1ccc(CCCN2C(=O)C(F)(F)CC2/C=C/C(O)CCCCc2ccccc2)s1. The van der Waals surface area contributed by atoms with Crippen LogP contribution in [0.3, 0.4) is 0 Å². The lowest BCUT2D eigenvalue weighted by Crippen LogP contribution is -2.36. The molecule has 2 aromatic rings. The maximum absolute atomic E-state index is 14.1. The number of halogens is 2. The van der Waals surface area contributed by atoms with Crippen molar-refractivity contribution in [1.29, 1.82) is 0 Å². The summed E-state index contributed by atoms with van der Waals surface area (Å²) in [5.41, 5.74) is 1.25. The van der Waals surface area contributed by atoms with Crippen molar-refractivity contribution < 1.29 is 28.2 Å². The summed E-state index contributed by atoms with van der Waals surface area (Å²) in [6, 6.07) is 12.8. The van der Waals surface area contributed by atoms with Crippen molar-refractivity contribution in [2.45, 2.75) is 63.0 Å². The van der Waals surface area contributed by atoms with Crippen molar-refractivity contribution in [2.24, 2.45) is 0 Å². The first-order valence-electron chi connectivity index (χ1n) is 11.6. The molecule has 2 unspecified atom stereocenters. The van der Waals surface area contributed by atoms with Crippen molar-refractivity contribution in [3.8, 4) is 0 Å². The number of likely N-dealkylation sites (tertiary alicyclic amines) is 1. The molecule has 1 aliphatic heterocycles. The number of nitrogens with zero attached hydrogens (tertiary/aromatic N) is 1. The van der Waals surface area contributed by atoms with Crippen LogP contribution >= 0.6 is 11.3 Å². The molecule has 34 heavy (non-hydrogen) atoms. The smallest absolute Gasteiger partial charge is 0.348 e. The Morgan fingerprint density at radius 2 is 1.97 bits per heavy atom. The van der Waals surface area contributed by atoms with Crippen molar-refractivity contribution in [1.82, 2.24) is 4.90 Å². The molecule has 0 radical (unpaired) electrons. The van der Waals surface area contributed by atoms with E-state index in [0.717, 1.165) is 24.1 Å². The number of thiophene rings is 1. The summed E-state index contributed by atoms with van der Waals surface area (Å²) in [5, 5.41) is 10.3. The first kappa shape index (κ1) is 26.0. The highest BCUT2D eigenvalue weighted by Gasteiger charge is 2.52. The second kappa shape index (κ2) is 12.2.